The van der Waals surface area contributed by atoms with Crippen LogP contribution in [0.4, 0.5) is 0 Å². The Balaban J connectivity index is 4.34. The summed E-state index contributed by atoms with van der Waals surface area (Å²) in [6.07, 6.45) is 87.3. The summed E-state index contributed by atoms with van der Waals surface area (Å²) in [6, 6.07) is 0. The van der Waals surface area contributed by atoms with E-state index in [1.807, 2.05) is 0 Å². The highest BCUT2D eigenvalue weighted by atomic mass is 16.6. The van der Waals surface area contributed by atoms with Crippen molar-refractivity contribution in [2.45, 2.75) is 341 Å². The van der Waals surface area contributed by atoms with E-state index in [4.69, 9.17) is 14.2 Å². The number of esters is 3. The number of carbonyl (C=O) groups is 3. The molecule has 0 aromatic rings. The van der Waals surface area contributed by atoms with Crippen LogP contribution in [0.25, 0.3) is 0 Å². The van der Waals surface area contributed by atoms with Crippen molar-refractivity contribution in [3.63, 3.8) is 0 Å². The topological polar surface area (TPSA) is 78.9 Å². The van der Waals surface area contributed by atoms with Gasteiger partial charge in [0, 0.05) is 19.3 Å². The SMILES string of the molecule is CC/C=C\C/C=C\C/C=C\C/C=C\C/C=C\C/C=C\CCCCCCCCCCC(=O)OCC(COC(=O)CCCCCCCCCCCCCCCCC)OC(=O)CCCCCCCCC/C=C\CCCCCCCCC. The van der Waals surface area contributed by atoms with Crippen molar-refractivity contribution in [3.05, 3.63) is 85.1 Å². The molecule has 78 heavy (non-hydrogen) atoms. The third-order valence-electron chi connectivity index (χ3n) is 14.6. The molecule has 0 aliphatic rings. The predicted octanol–water partition coefficient (Wildman–Crippen LogP) is 23.1. The summed E-state index contributed by atoms with van der Waals surface area (Å²) < 4.78 is 17.0. The summed E-state index contributed by atoms with van der Waals surface area (Å²) in [7, 11) is 0. The Kier molecular flexibility index (Phi) is 63.2. The van der Waals surface area contributed by atoms with Crippen molar-refractivity contribution >= 4 is 17.9 Å². The highest BCUT2D eigenvalue weighted by Crippen LogP contribution is 2.17. The summed E-state index contributed by atoms with van der Waals surface area (Å²) in [5.74, 6) is -0.873. The lowest BCUT2D eigenvalue weighted by molar-refractivity contribution is -0.167. The van der Waals surface area contributed by atoms with E-state index in [9.17, 15) is 14.4 Å². The molecule has 450 valence electrons. The minimum Gasteiger partial charge on any atom is -0.462 e. The molecule has 6 nitrogen and oxygen atoms in total. The van der Waals surface area contributed by atoms with Crippen LogP contribution in [0.2, 0.25) is 0 Å². The second-order valence-electron chi connectivity index (χ2n) is 22.4. The zero-order valence-electron chi connectivity index (χ0n) is 51.7. The molecule has 0 amide bonds. The smallest absolute Gasteiger partial charge is 0.306 e. The van der Waals surface area contributed by atoms with Crippen LogP contribution in [0, 0.1) is 0 Å². The summed E-state index contributed by atoms with van der Waals surface area (Å²) in [5, 5.41) is 0. The number of unbranched alkanes of at least 4 members (excludes halogenated alkanes) is 36. The van der Waals surface area contributed by atoms with Gasteiger partial charge in [-0.05, 0) is 96.3 Å². The second-order valence-corrected chi connectivity index (χ2v) is 22.4. The molecule has 0 bridgehead atoms. The monoisotopic (exact) mass is 1090 g/mol. The molecule has 0 aliphatic heterocycles. The first-order valence-electron chi connectivity index (χ1n) is 33.6. The van der Waals surface area contributed by atoms with Crippen LogP contribution in [-0.2, 0) is 28.6 Å². The Bertz CT molecular complexity index is 1480. The van der Waals surface area contributed by atoms with Gasteiger partial charge in [-0.2, -0.15) is 0 Å². The van der Waals surface area contributed by atoms with Gasteiger partial charge in [0.1, 0.15) is 13.2 Å². The first-order valence-corrected chi connectivity index (χ1v) is 33.6. The summed E-state index contributed by atoms with van der Waals surface area (Å²) in [5.41, 5.74) is 0. The van der Waals surface area contributed by atoms with E-state index in [1.54, 1.807) is 0 Å². The lowest BCUT2D eigenvalue weighted by Gasteiger charge is -2.18. The number of hydrogen-bond donors (Lipinski definition) is 0. The first kappa shape index (κ1) is 74.6. The Morgan fingerprint density at radius 3 is 0.795 bits per heavy atom. The molecule has 1 atom stereocenters. The van der Waals surface area contributed by atoms with Crippen LogP contribution < -0.4 is 0 Å². The fourth-order valence-electron chi connectivity index (χ4n) is 9.62. The predicted molar refractivity (Wildman–Crippen MR) is 339 cm³/mol. The fourth-order valence-corrected chi connectivity index (χ4v) is 9.62. The van der Waals surface area contributed by atoms with Gasteiger partial charge in [0.05, 0.1) is 0 Å². The standard InChI is InChI=1S/C72H126O6/c1-4-7-10-13-16-19-22-25-28-30-32-33-34-35-36-37-38-39-40-42-44-47-50-53-56-59-62-65-71(74)77-68-69(67-76-70(73)64-61-58-55-52-49-46-43-27-24-21-18-15-12-9-6-3)78-72(75)66-63-60-57-54-51-48-45-41-31-29-26-23-20-17-14-11-8-5-2/h7,10,16,19,25,28-29,31-33,35-36,38-39,69H,4-6,8-9,11-15,17-18,20-24,26-27,30,34,37,40-68H2,1-3H3/b10-7-,19-16-,28-25-,31-29-,33-32-,36-35-,39-38-. The molecule has 0 saturated carbocycles. The van der Waals surface area contributed by atoms with Gasteiger partial charge in [0.25, 0.3) is 0 Å². The minimum absolute atomic E-state index is 0.0771. The molecule has 0 heterocycles. The van der Waals surface area contributed by atoms with Crippen molar-refractivity contribution in [3.8, 4) is 0 Å². The molecule has 0 N–H and O–H groups in total. The van der Waals surface area contributed by atoms with E-state index in [0.29, 0.717) is 19.3 Å². The van der Waals surface area contributed by atoms with Crippen LogP contribution in [0.5, 0.6) is 0 Å². The summed E-state index contributed by atoms with van der Waals surface area (Å²) >= 11 is 0. The minimum atomic E-state index is -0.782. The van der Waals surface area contributed by atoms with E-state index < -0.39 is 6.10 Å². The Hall–Kier alpha value is -3.41. The summed E-state index contributed by atoms with van der Waals surface area (Å²) in [6.45, 7) is 6.56. The zero-order valence-corrected chi connectivity index (χ0v) is 51.7. The van der Waals surface area contributed by atoms with Gasteiger partial charge < -0.3 is 14.2 Å². The number of carbonyl (C=O) groups excluding carboxylic acids is 3. The number of ether oxygens (including phenoxy) is 3. The van der Waals surface area contributed by atoms with E-state index in [1.165, 1.54) is 193 Å². The van der Waals surface area contributed by atoms with Crippen molar-refractivity contribution in [2.75, 3.05) is 13.2 Å². The molecule has 0 aromatic carbocycles. The number of allylic oxidation sites excluding steroid dienone is 14. The maximum atomic E-state index is 12.9. The molecule has 0 spiro atoms. The molecule has 0 aromatic heterocycles. The van der Waals surface area contributed by atoms with Crippen LogP contribution in [0.1, 0.15) is 335 Å². The van der Waals surface area contributed by atoms with Gasteiger partial charge in [0.2, 0.25) is 0 Å². The Morgan fingerprint density at radius 2 is 0.500 bits per heavy atom. The van der Waals surface area contributed by atoms with Crippen molar-refractivity contribution in [2.24, 2.45) is 0 Å². The van der Waals surface area contributed by atoms with Crippen molar-refractivity contribution in [1.82, 2.24) is 0 Å². The average Bonchev–Trinajstić information content (AvgIpc) is 3.44. The first-order chi connectivity index (χ1) is 38.5. The maximum Gasteiger partial charge on any atom is 0.306 e. The van der Waals surface area contributed by atoms with Crippen LogP contribution >= 0.6 is 0 Å². The van der Waals surface area contributed by atoms with Crippen molar-refractivity contribution in [1.29, 1.82) is 0 Å². The van der Waals surface area contributed by atoms with Gasteiger partial charge in [0.15, 0.2) is 6.10 Å². The third kappa shape index (κ3) is 63.4. The van der Waals surface area contributed by atoms with Crippen molar-refractivity contribution < 1.29 is 28.6 Å². The fraction of sp³-hybridized carbons (Fsp3) is 0.764. The quantitative estimate of drug-likeness (QED) is 0.0261. The molecule has 0 fully saturated rings. The van der Waals surface area contributed by atoms with Crippen LogP contribution in [0.3, 0.4) is 0 Å². The zero-order chi connectivity index (χ0) is 56.4. The Morgan fingerprint density at radius 1 is 0.269 bits per heavy atom. The lowest BCUT2D eigenvalue weighted by Crippen LogP contribution is -2.30. The van der Waals surface area contributed by atoms with Crippen LogP contribution in [0.15, 0.2) is 85.1 Å². The van der Waals surface area contributed by atoms with Gasteiger partial charge >= 0.3 is 17.9 Å². The molecule has 0 saturated heterocycles. The van der Waals surface area contributed by atoms with Gasteiger partial charge in [-0.15, -0.1) is 0 Å². The molecule has 0 radical (unpaired) electrons. The molecule has 1 unspecified atom stereocenters. The number of rotatable bonds is 61. The van der Waals surface area contributed by atoms with Gasteiger partial charge in [-0.25, -0.2) is 0 Å². The molecular formula is C72H126O6. The highest BCUT2D eigenvalue weighted by molar-refractivity contribution is 5.71. The molecule has 0 aliphatic carbocycles. The van der Waals surface area contributed by atoms with Crippen LogP contribution in [-0.4, -0.2) is 37.2 Å². The molecular weight excluding hydrogens is 961 g/mol. The molecule has 6 heteroatoms. The third-order valence-corrected chi connectivity index (χ3v) is 14.6. The second kappa shape index (κ2) is 66.1. The van der Waals surface area contributed by atoms with E-state index in [0.717, 1.165) is 103 Å². The van der Waals surface area contributed by atoms with Gasteiger partial charge in [-0.1, -0.05) is 305 Å². The van der Waals surface area contributed by atoms with E-state index in [2.05, 4.69) is 106 Å². The summed E-state index contributed by atoms with van der Waals surface area (Å²) in [4.78, 5) is 38.4. The Labute approximate surface area is 484 Å². The normalized spacial score (nSPS) is 12.6. The average molecular weight is 1090 g/mol. The van der Waals surface area contributed by atoms with E-state index >= 15 is 0 Å². The molecule has 0 rings (SSSR count). The lowest BCUT2D eigenvalue weighted by atomic mass is 10.0. The largest absolute Gasteiger partial charge is 0.462 e. The number of hydrogen-bond acceptors (Lipinski definition) is 6. The highest BCUT2D eigenvalue weighted by Gasteiger charge is 2.19. The van der Waals surface area contributed by atoms with Gasteiger partial charge in [-0.3, -0.25) is 14.4 Å². The van der Waals surface area contributed by atoms with E-state index in [-0.39, 0.29) is 31.1 Å². The maximum absolute atomic E-state index is 12.9.